The molecule has 1 rings (SSSR count). The summed E-state index contributed by atoms with van der Waals surface area (Å²) < 4.78 is 13.3. The Morgan fingerprint density at radius 3 is 2.56 bits per heavy atom. The molecule has 0 saturated heterocycles. The second-order valence-electron chi connectivity index (χ2n) is 4.74. The summed E-state index contributed by atoms with van der Waals surface area (Å²) in [5.74, 6) is -0.147. The van der Waals surface area contributed by atoms with Crippen molar-refractivity contribution in [2.75, 3.05) is 19.6 Å². The molecule has 18 heavy (non-hydrogen) atoms. The van der Waals surface area contributed by atoms with E-state index in [4.69, 9.17) is 5.73 Å². The molecule has 1 unspecified atom stereocenters. The molecule has 0 fully saturated rings. The van der Waals surface area contributed by atoms with Crippen LogP contribution in [0.3, 0.4) is 0 Å². The Bertz CT molecular complexity index is 366. The lowest BCUT2D eigenvalue weighted by atomic mass is 10.0. The molecule has 0 heterocycles. The smallest absolute Gasteiger partial charge is 0.126 e. The van der Waals surface area contributed by atoms with Gasteiger partial charge in [0.15, 0.2) is 0 Å². The second-order valence-corrected chi connectivity index (χ2v) is 4.74. The third-order valence-electron chi connectivity index (χ3n) is 3.44. The van der Waals surface area contributed by atoms with Crippen molar-refractivity contribution in [2.24, 2.45) is 5.73 Å². The molecular weight excluding hydrogens is 227 g/mol. The van der Waals surface area contributed by atoms with E-state index in [2.05, 4.69) is 18.7 Å². The highest BCUT2D eigenvalue weighted by atomic mass is 19.1. The van der Waals surface area contributed by atoms with Crippen molar-refractivity contribution in [1.29, 1.82) is 0 Å². The van der Waals surface area contributed by atoms with Crippen LogP contribution >= 0.6 is 0 Å². The summed E-state index contributed by atoms with van der Waals surface area (Å²) in [5.41, 5.74) is 7.72. The van der Waals surface area contributed by atoms with Gasteiger partial charge in [0, 0.05) is 12.6 Å². The number of nitrogens with zero attached hydrogens (tertiary/aromatic N) is 1. The fourth-order valence-electron chi connectivity index (χ4n) is 2.27. The number of nitrogens with two attached hydrogens (primary N) is 1. The molecule has 0 aliphatic heterocycles. The number of benzene rings is 1. The number of aryl methyl sites for hydroxylation is 1. The minimum absolute atomic E-state index is 0.147. The van der Waals surface area contributed by atoms with Crippen molar-refractivity contribution < 1.29 is 4.39 Å². The van der Waals surface area contributed by atoms with E-state index in [0.29, 0.717) is 12.1 Å². The standard InChI is InChI=1S/C15H25FN2/c1-4-6-9-18(5-2)15(11-17)13-7-8-14(16)12(3)10-13/h7-8,10,15H,4-6,9,11,17H2,1-3H3. The van der Waals surface area contributed by atoms with Gasteiger partial charge < -0.3 is 5.73 Å². The summed E-state index contributed by atoms with van der Waals surface area (Å²) in [5, 5.41) is 0. The average molecular weight is 252 g/mol. The minimum atomic E-state index is -0.147. The monoisotopic (exact) mass is 252 g/mol. The fraction of sp³-hybridized carbons (Fsp3) is 0.600. The molecule has 2 N–H and O–H groups in total. The molecule has 0 aromatic heterocycles. The van der Waals surface area contributed by atoms with Crippen molar-refractivity contribution in [3.05, 3.63) is 35.1 Å². The van der Waals surface area contributed by atoms with Gasteiger partial charge in [-0.2, -0.15) is 0 Å². The molecule has 0 aliphatic rings. The second kappa shape index (κ2) is 7.49. The predicted octanol–water partition coefficient (Wildman–Crippen LogP) is 3.26. The van der Waals surface area contributed by atoms with Gasteiger partial charge in [-0.15, -0.1) is 0 Å². The first-order chi connectivity index (χ1) is 8.63. The summed E-state index contributed by atoms with van der Waals surface area (Å²) in [4.78, 5) is 2.37. The Morgan fingerprint density at radius 2 is 2.06 bits per heavy atom. The lowest BCUT2D eigenvalue weighted by Crippen LogP contribution is -2.34. The highest BCUT2D eigenvalue weighted by Gasteiger charge is 2.17. The van der Waals surface area contributed by atoms with E-state index in [0.717, 1.165) is 18.7 Å². The average Bonchev–Trinajstić information content (AvgIpc) is 2.38. The Labute approximate surface area is 110 Å². The number of rotatable bonds is 7. The molecule has 0 saturated carbocycles. The number of hydrogen-bond donors (Lipinski definition) is 1. The maximum Gasteiger partial charge on any atom is 0.126 e. The number of unbranched alkanes of at least 4 members (excludes halogenated alkanes) is 1. The first-order valence-electron chi connectivity index (χ1n) is 6.84. The maximum absolute atomic E-state index is 13.3. The summed E-state index contributed by atoms with van der Waals surface area (Å²) in [6.07, 6.45) is 2.35. The molecule has 1 aromatic carbocycles. The molecule has 1 aromatic rings. The normalized spacial score (nSPS) is 13.0. The Kier molecular flexibility index (Phi) is 6.30. The first-order valence-corrected chi connectivity index (χ1v) is 6.84. The molecule has 3 heteroatoms. The lowest BCUT2D eigenvalue weighted by Gasteiger charge is -2.30. The van der Waals surface area contributed by atoms with Crippen LogP contribution in [0.5, 0.6) is 0 Å². The molecule has 0 spiro atoms. The third-order valence-corrected chi connectivity index (χ3v) is 3.44. The van der Waals surface area contributed by atoms with Crippen molar-refractivity contribution in [3.8, 4) is 0 Å². The largest absolute Gasteiger partial charge is 0.329 e. The number of hydrogen-bond acceptors (Lipinski definition) is 2. The van der Waals surface area contributed by atoms with Gasteiger partial charge in [0.05, 0.1) is 0 Å². The zero-order valence-corrected chi connectivity index (χ0v) is 11.7. The molecule has 1 atom stereocenters. The van der Waals surface area contributed by atoms with Crippen molar-refractivity contribution in [1.82, 2.24) is 4.90 Å². The maximum atomic E-state index is 13.3. The van der Waals surface area contributed by atoms with Crippen molar-refractivity contribution >= 4 is 0 Å². The third kappa shape index (κ3) is 3.79. The van der Waals surface area contributed by atoms with E-state index in [1.54, 1.807) is 13.0 Å². The predicted molar refractivity (Wildman–Crippen MR) is 75.1 cm³/mol. The Balaban J connectivity index is 2.88. The van der Waals surface area contributed by atoms with Gasteiger partial charge in [0.2, 0.25) is 0 Å². The summed E-state index contributed by atoms with van der Waals surface area (Å²) in [6.45, 7) is 8.73. The van der Waals surface area contributed by atoms with Gasteiger partial charge in [-0.25, -0.2) is 4.39 Å². The van der Waals surface area contributed by atoms with Crippen LogP contribution in [0.15, 0.2) is 18.2 Å². The van der Waals surface area contributed by atoms with Crippen LogP contribution in [0.25, 0.3) is 0 Å². The van der Waals surface area contributed by atoms with Crippen LogP contribution in [0.1, 0.15) is 43.9 Å². The van der Waals surface area contributed by atoms with Gasteiger partial charge in [0.25, 0.3) is 0 Å². The summed E-state index contributed by atoms with van der Waals surface area (Å²) in [6, 6.07) is 5.51. The van der Waals surface area contributed by atoms with Crippen LogP contribution in [0.4, 0.5) is 4.39 Å². The molecule has 0 aliphatic carbocycles. The van der Waals surface area contributed by atoms with Gasteiger partial charge in [0.1, 0.15) is 5.82 Å². The van der Waals surface area contributed by atoms with Crippen LogP contribution in [0, 0.1) is 12.7 Å². The van der Waals surface area contributed by atoms with E-state index >= 15 is 0 Å². The SMILES string of the molecule is CCCCN(CC)C(CN)c1ccc(F)c(C)c1. The molecule has 0 amide bonds. The molecule has 0 radical (unpaired) electrons. The quantitative estimate of drug-likeness (QED) is 0.807. The highest BCUT2D eigenvalue weighted by Crippen LogP contribution is 2.22. The first kappa shape index (κ1) is 15.1. The fourth-order valence-corrected chi connectivity index (χ4v) is 2.27. The molecule has 102 valence electrons. The molecular formula is C15H25FN2. The van der Waals surface area contributed by atoms with Crippen LogP contribution in [-0.2, 0) is 0 Å². The topological polar surface area (TPSA) is 29.3 Å². The van der Waals surface area contributed by atoms with Gasteiger partial charge in [-0.05, 0) is 43.6 Å². The van der Waals surface area contributed by atoms with Crippen LogP contribution in [0.2, 0.25) is 0 Å². The number of likely N-dealkylation sites (N-methyl/N-ethyl adjacent to an activating group) is 1. The Hall–Kier alpha value is -0.930. The summed E-state index contributed by atoms with van der Waals surface area (Å²) >= 11 is 0. The van der Waals surface area contributed by atoms with Gasteiger partial charge in [-0.3, -0.25) is 4.90 Å². The van der Waals surface area contributed by atoms with Crippen LogP contribution in [-0.4, -0.2) is 24.5 Å². The van der Waals surface area contributed by atoms with Gasteiger partial charge in [-0.1, -0.05) is 32.4 Å². The molecule has 2 nitrogen and oxygen atoms in total. The van der Waals surface area contributed by atoms with E-state index < -0.39 is 0 Å². The van der Waals surface area contributed by atoms with E-state index in [9.17, 15) is 4.39 Å². The minimum Gasteiger partial charge on any atom is -0.329 e. The summed E-state index contributed by atoms with van der Waals surface area (Å²) in [7, 11) is 0. The molecule has 0 bridgehead atoms. The van der Waals surface area contributed by atoms with E-state index in [1.165, 1.54) is 12.8 Å². The Morgan fingerprint density at radius 1 is 1.33 bits per heavy atom. The van der Waals surface area contributed by atoms with Crippen LogP contribution < -0.4 is 5.73 Å². The highest BCUT2D eigenvalue weighted by molar-refractivity contribution is 5.26. The van der Waals surface area contributed by atoms with E-state index in [-0.39, 0.29) is 11.9 Å². The van der Waals surface area contributed by atoms with Crippen molar-refractivity contribution in [3.63, 3.8) is 0 Å². The van der Waals surface area contributed by atoms with Gasteiger partial charge >= 0.3 is 0 Å². The zero-order chi connectivity index (χ0) is 13.5. The van der Waals surface area contributed by atoms with Crippen molar-refractivity contribution in [2.45, 2.75) is 39.7 Å². The lowest BCUT2D eigenvalue weighted by molar-refractivity contribution is 0.209. The number of halogens is 1. The van der Waals surface area contributed by atoms with E-state index in [1.807, 2.05) is 12.1 Å². The zero-order valence-electron chi connectivity index (χ0n) is 11.7.